The van der Waals surface area contributed by atoms with E-state index in [-0.39, 0.29) is 4.90 Å². The highest BCUT2D eigenvalue weighted by molar-refractivity contribution is 7.89. The first-order valence-electron chi connectivity index (χ1n) is 6.36. The molecule has 0 aliphatic heterocycles. The zero-order valence-electron chi connectivity index (χ0n) is 11.6. The van der Waals surface area contributed by atoms with Gasteiger partial charge in [-0.2, -0.15) is 0 Å². The van der Waals surface area contributed by atoms with Crippen molar-refractivity contribution in [2.24, 2.45) is 5.14 Å². The maximum absolute atomic E-state index is 10.7. The minimum absolute atomic E-state index is 0.156. The highest BCUT2D eigenvalue weighted by atomic mass is 32.2. The van der Waals surface area contributed by atoms with E-state index in [1.807, 2.05) is 37.4 Å². The largest absolute Gasteiger partial charge is 0.256 e. The molecule has 1 aromatic heterocycles. The van der Waals surface area contributed by atoms with E-state index in [4.69, 9.17) is 5.14 Å². The molecule has 3 rings (SSSR count). The van der Waals surface area contributed by atoms with E-state index in [1.165, 1.54) is 17.5 Å². The third-order valence-electron chi connectivity index (χ3n) is 2.86. The summed E-state index contributed by atoms with van der Waals surface area (Å²) in [7, 11) is -3.52. The van der Waals surface area contributed by atoms with Gasteiger partial charge in [0.25, 0.3) is 0 Å². The number of benzene rings is 2. The van der Waals surface area contributed by atoms with Crippen molar-refractivity contribution in [3.8, 4) is 0 Å². The van der Waals surface area contributed by atoms with Crippen LogP contribution in [-0.2, 0) is 10.0 Å². The molecule has 0 amide bonds. The van der Waals surface area contributed by atoms with Crippen LogP contribution >= 0.6 is 0 Å². The second-order valence-electron chi connectivity index (χ2n) is 4.55. The van der Waals surface area contributed by atoms with Crippen molar-refractivity contribution in [3.63, 3.8) is 0 Å². The number of primary sulfonamides is 1. The molecule has 2 aromatic carbocycles. The smallest absolute Gasteiger partial charge is 0.238 e. The van der Waals surface area contributed by atoms with E-state index in [0.717, 1.165) is 11.1 Å². The second-order valence-corrected chi connectivity index (χ2v) is 6.12. The molecule has 0 saturated heterocycles. The first-order chi connectivity index (χ1) is 9.97. The Morgan fingerprint density at radius 1 is 0.905 bits per heavy atom. The van der Waals surface area contributed by atoms with Crippen LogP contribution in [0.3, 0.4) is 0 Å². The van der Waals surface area contributed by atoms with Crippen molar-refractivity contribution in [2.75, 3.05) is 0 Å². The van der Waals surface area contributed by atoms with Crippen LogP contribution < -0.4 is 5.14 Å². The van der Waals surface area contributed by atoms with Gasteiger partial charge in [-0.05, 0) is 31.2 Å². The van der Waals surface area contributed by atoms with Crippen molar-refractivity contribution in [1.82, 2.24) is 4.98 Å². The molecule has 5 heteroatoms. The van der Waals surface area contributed by atoms with Gasteiger partial charge in [-0.15, -0.1) is 0 Å². The van der Waals surface area contributed by atoms with Crippen LogP contribution in [0.2, 0.25) is 0 Å². The Morgan fingerprint density at radius 2 is 1.52 bits per heavy atom. The molecule has 0 aliphatic carbocycles. The zero-order valence-corrected chi connectivity index (χ0v) is 12.4. The van der Waals surface area contributed by atoms with Gasteiger partial charge >= 0.3 is 0 Å². The molecule has 0 bridgehead atoms. The zero-order chi connectivity index (χ0) is 15.3. The van der Waals surface area contributed by atoms with Gasteiger partial charge in [0, 0.05) is 11.6 Å². The fourth-order valence-corrected chi connectivity index (χ4v) is 2.26. The Kier molecular flexibility index (Phi) is 4.67. The lowest BCUT2D eigenvalue weighted by Crippen LogP contribution is -2.11. The van der Waals surface area contributed by atoms with Crippen molar-refractivity contribution >= 4 is 20.9 Å². The third-order valence-corrected chi connectivity index (χ3v) is 3.79. The van der Waals surface area contributed by atoms with Crippen LogP contribution in [0.5, 0.6) is 0 Å². The van der Waals surface area contributed by atoms with Crippen molar-refractivity contribution in [3.05, 3.63) is 72.4 Å². The molecule has 0 saturated carbocycles. The number of hydrogen-bond donors (Lipinski definition) is 1. The molecule has 0 fully saturated rings. The Labute approximate surface area is 124 Å². The first-order valence-corrected chi connectivity index (χ1v) is 7.91. The molecule has 0 atom stereocenters. The number of aryl methyl sites for hydroxylation is 1. The topological polar surface area (TPSA) is 73.1 Å². The summed E-state index contributed by atoms with van der Waals surface area (Å²) in [6.07, 6.45) is 1.81. The summed E-state index contributed by atoms with van der Waals surface area (Å²) >= 11 is 0. The van der Waals surface area contributed by atoms with Crippen molar-refractivity contribution in [1.29, 1.82) is 0 Å². The summed E-state index contributed by atoms with van der Waals surface area (Å²) in [5.41, 5.74) is 2.07. The van der Waals surface area contributed by atoms with Gasteiger partial charge in [0.2, 0.25) is 10.0 Å². The van der Waals surface area contributed by atoms with E-state index in [9.17, 15) is 8.42 Å². The van der Waals surface area contributed by atoms with Gasteiger partial charge in [-0.1, -0.05) is 42.0 Å². The summed E-state index contributed by atoms with van der Waals surface area (Å²) in [6.45, 7) is 1.88. The van der Waals surface area contributed by atoms with Gasteiger partial charge < -0.3 is 0 Å². The van der Waals surface area contributed by atoms with E-state index >= 15 is 0 Å². The molecular formula is C16H16N2O2S. The minimum Gasteiger partial charge on any atom is -0.256 e. The van der Waals surface area contributed by atoms with E-state index in [1.54, 1.807) is 12.1 Å². The lowest BCUT2D eigenvalue weighted by atomic mass is 10.2. The van der Waals surface area contributed by atoms with Crippen molar-refractivity contribution in [2.45, 2.75) is 11.8 Å². The van der Waals surface area contributed by atoms with E-state index in [2.05, 4.69) is 17.1 Å². The quantitative estimate of drug-likeness (QED) is 0.751. The Hall–Kier alpha value is -2.24. The van der Waals surface area contributed by atoms with Gasteiger partial charge in [0.15, 0.2) is 0 Å². The number of hydrogen-bond acceptors (Lipinski definition) is 3. The normalized spacial score (nSPS) is 10.8. The highest BCUT2D eigenvalue weighted by Gasteiger charge is 2.04. The van der Waals surface area contributed by atoms with Crippen molar-refractivity contribution < 1.29 is 8.42 Å². The van der Waals surface area contributed by atoms with Gasteiger partial charge in [0.05, 0.1) is 10.4 Å². The molecule has 1 heterocycles. The van der Waals surface area contributed by atoms with Gasteiger partial charge in [-0.25, -0.2) is 13.6 Å². The average Bonchev–Trinajstić information content (AvgIpc) is 2.47. The molecule has 0 spiro atoms. The fraction of sp³-hybridized carbons (Fsp3) is 0.0625. The molecule has 0 aliphatic rings. The Balaban J connectivity index is 0.000000154. The summed E-state index contributed by atoms with van der Waals surface area (Å²) in [5.74, 6) is 0. The van der Waals surface area contributed by atoms with Crippen LogP contribution in [0, 0.1) is 6.92 Å². The third kappa shape index (κ3) is 4.37. The number of nitrogens with zero attached hydrogens (tertiary/aromatic N) is 1. The van der Waals surface area contributed by atoms with Crippen LogP contribution in [0.15, 0.2) is 71.8 Å². The molecule has 2 N–H and O–H groups in total. The molecule has 0 unspecified atom stereocenters. The fourth-order valence-electron chi connectivity index (χ4n) is 1.74. The number of sulfonamides is 1. The molecule has 3 aromatic rings. The number of nitrogens with two attached hydrogens (primary N) is 1. The maximum Gasteiger partial charge on any atom is 0.238 e. The molecule has 4 nitrogen and oxygen atoms in total. The lowest BCUT2D eigenvalue weighted by molar-refractivity contribution is 0.598. The van der Waals surface area contributed by atoms with Crippen LogP contribution in [-0.4, -0.2) is 13.4 Å². The second kappa shape index (κ2) is 6.47. The number of fused-ring (bicyclic) bond motifs is 1. The highest BCUT2D eigenvalue weighted by Crippen LogP contribution is 2.08. The van der Waals surface area contributed by atoms with Gasteiger partial charge in [0.1, 0.15) is 0 Å². The Bertz CT molecular complexity index is 763. The lowest BCUT2D eigenvalue weighted by Gasteiger charge is -1.96. The molecular weight excluding hydrogens is 284 g/mol. The monoisotopic (exact) mass is 300 g/mol. The van der Waals surface area contributed by atoms with E-state index < -0.39 is 10.0 Å². The predicted molar refractivity (Wildman–Crippen MR) is 84.3 cm³/mol. The maximum atomic E-state index is 10.7. The van der Waals surface area contributed by atoms with Crippen LogP contribution in [0.25, 0.3) is 10.9 Å². The first kappa shape index (κ1) is 15.2. The molecule has 21 heavy (non-hydrogen) atoms. The summed E-state index contributed by atoms with van der Waals surface area (Å²) < 4.78 is 21.4. The number of para-hydroxylation sites is 1. The van der Waals surface area contributed by atoms with E-state index in [0.29, 0.717) is 0 Å². The van der Waals surface area contributed by atoms with Crippen LogP contribution in [0.1, 0.15) is 5.56 Å². The summed E-state index contributed by atoms with van der Waals surface area (Å²) in [6, 6.07) is 18.5. The molecule has 108 valence electrons. The SMILES string of the molecule is Cc1ccc(S(N)(=O)=O)cc1.c1ccc2ncccc2c1. The summed E-state index contributed by atoms with van der Waals surface area (Å²) in [5, 5.41) is 6.08. The average molecular weight is 300 g/mol. The molecule has 0 radical (unpaired) electrons. The van der Waals surface area contributed by atoms with Crippen LogP contribution in [0.4, 0.5) is 0 Å². The summed E-state index contributed by atoms with van der Waals surface area (Å²) in [4.78, 5) is 4.34. The number of pyridine rings is 1. The Morgan fingerprint density at radius 3 is 2.14 bits per heavy atom. The predicted octanol–water partition coefficient (Wildman–Crippen LogP) is 2.88. The minimum atomic E-state index is -3.52. The van der Waals surface area contributed by atoms with Gasteiger partial charge in [-0.3, -0.25) is 4.98 Å². The number of aromatic nitrogens is 1. The number of rotatable bonds is 1. The standard InChI is InChI=1S/C9H7N.C7H9NO2S/c1-2-6-9-8(4-1)5-3-7-10-9;1-6-2-4-7(5-3-6)11(8,9)10/h1-7H;2-5H,1H3,(H2,8,9,10).